The fraction of sp³-hybridized carbons (Fsp3) is 0.571. The van der Waals surface area contributed by atoms with Gasteiger partial charge in [0.25, 0.3) is 0 Å². The molecule has 0 aromatic heterocycles. The molecule has 1 N–H and O–H groups in total. The van der Waals surface area contributed by atoms with Crippen molar-refractivity contribution < 1.29 is 4.74 Å². The monoisotopic (exact) mass is 234 g/mol. The maximum Gasteiger partial charge on any atom is 0.0485 e. The van der Waals surface area contributed by atoms with Crippen LogP contribution in [0.4, 0.5) is 5.69 Å². The molecule has 1 aromatic carbocycles. The number of hydrogen-bond acceptors (Lipinski definition) is 3. The Balaban J connectivity index is 1.88. The topological polar surface area (TPSA) is 24.5 Å². The highest BCUT2D eigenvalue weighted by Crippen LogP contribution is 2.16. The summed E-state index contributed by atoms with van der Waals surface area (Å²) >= 11 is 0. The molecule has 0 amide bonds. The predicted octanol–water partition coefficient (Wildman–Crippen LogP) is 2.34. The van der Waals surface area contributed by atoms with E-state index in [4.69, 9.17) is 4.74 Å². The largest absolute Gasteiger partial charge is 0.382 e. The zero-order chi connectivity index (χ0) is 12.1. The second-order valence-electron chi connectivity index (χ2n) is 4.97. The van der Waals surface area contributed by atoms with Gasteiger partial charge in [-0.2, -0.15) is 0 Å². The summed E-state index contributed by atoms with van der Waals surface area (Å²) in [5.41, 5.74) is 2.58. The van der Waals surface area contributed by atoms with E-state index in [-0.39, 0.29) is 0 Å². The highest BCUT2D eigenvalue weighted by Gasteiger charge is 2.12. The molecule has 0 saturated carbocycles. The summed E-state index contributed by atoms with van der Waals surface area (Å²) in [5.74, 6) is 0. The maximum atomic E-state index is 5.35. The number of nitrogens with one attached hydrogen (secondary N) is 1. The molecule has 3 nitrogen and oxygen atoms in total. The summed E-state index contributed by atoms with van der Waals surface area (Å²) in [6, 6.07) is 9.31. The minimum absolute atomic E-state index is 0.573. The van der Waals surface area contributed by atoms with Crippen molar-refractivity contribution in [3.8, 4) is 0 Å². The van der Waals surface area contributed by atoms with Crippen LogP contribution in [0.2, 0.25) is 0 Å². The molecule has 1 heterocycles. The predicted molar refractivity (Wildman–Crippen MR) is 71.3 cm³/mol. The molecule has 1 aromatic rings. The van der Waals surface area contributed by atoms with E-state index in [1.165, 1.54) is 11.3 Å². The van der Waals surface area contributed by atoms with Gasteiger partial charge in [-0.25, -0.2) is 0 Å². The molecule has 0 spiro atoms. The first-order valence-electron chi connectivity index (χ1n) is 6.32. The lowest BCUT2D eigenvalue weighted by atomic mass is 10.1. The summed E-state index contributed by atoms with van der Waals surface area (Å²) in [4.78, 5) is 2.18. The molecule has 3 heteroatoms. The first-order chi connectivity index (χ1) is 8.24. The number of hydrogen-bond donors (Lipinski definition) is 1. The Kier molecular flexibility index (Phi) is 4.40. The second kappa shape index (κ2) is 6.03. The molecule has 0 aliphatic carbocycles. The Hall–Kier alpha value is -1.06. The highest BCUT2D eigenvalue weighted by molar-refractivity contribution is 5.45. The zero-order valence-electron chi connectivity index (χ0n) is 10.8. The minimum atomic E-state index is 0.573. The van der Waals surface area contributed by atoms with Crippen molar-refractivity contribution >= 4 is 5.69 Å². The molecule has 1 saturated heterocycles. The van der Waals surface area contributed by atoms with Crippen LogP contribution in [0.3, 0.4) is 0 Å². The van der Waals surface area contributed by atoms with E-state index in [1.807, 2.05) is 0 Å². The van der Waals surface area contributed by atoms with Crippen molar-refractivity contribution in [1.29, 1.82) is 0 Å². The van der Waals surface area contributed by atoms with Crippen molar-refractivity contribution in [2.24, 2.45) is 0 Å². The Morgan fingerprint density at radius 2 is 1.82 bits per heavy atom. The lowest BCUT2D eigenvalue weighted by Crippen LogP contribution is -2.27. The average Bonchev–Trinajstić information content (AvgIpc) is 2.32. The number of ether oxygens (including phenoxy) is 1. The first kappa shape index (κ1) is 12.4. The molecule has 1 aliphatic rings. The fourth-order valence-electron chi connectivity index (χ4n) is 2.15. The number of benzene rings is 1. The summed E-state index contributed by atoms with van der Waals surface area (Å²) in [5, 5.41) is 3.57. The van der Waals surface area contributed by atoms with E-state index < -0.39 is 0 Å². The van der Waals surface area contributed by atoms with Crippen LogP contribution in [0.15, 0.2) is 24.3 Å². The van der Waals surface area contributed by atoms with E-state index in [9.17, 15) is 0 Å². The molecule has 0 radical (unpaired) electrons. The molecule has 0 atom stereocenters. The summed E-state index contributed by atoms with van der Waals surface area (Å²) < 4.78 is 5.35. The smallest absolute Gasteiger partial charge is 0.0485 e. The normalized spacial score (nSPS) is 17.4. The van der Waals surface area contributed by atoms with Crippen LogP contribution in [0.25, 0.3) is 0 Å². The Morgan fingerprint density at radius 3 is 2.41 bits per heavy atom. The number of rotatable bonds is 4. The van der Waals surface area contributed by atoms with Crippen molar-refractivity contribution in [3.05, 3.63) is 29.8 Å². The quantitative estimate of drug-likeness (QED) is 0.865. The van der Waals surface area contributed by atoms with Crippen molar-refractivity contribution in [1.82, 2.24) is 4.90 Å². The molecular formula is C14H22N2O. The molecule has 2 rings (SSSR count). The van der Waals surface area contributed by atoms with Crippen molar-refractivity contribution in [3.63, 3.8) is 0 Å². The van der Waals surface area contributed by atoms with Gasteiger partial charge in [0.2, 0.25) is 0 Å². The standard InChI is InChI=1S/C14H22N2O/c1-16(2)11-12-3-5-13(6-4-12)15-14-7-9-17-10-8-14/h3-6,14-15H,7-11H2,1-2H3. The summed E-state index contributed by atoms with van der Waals surface area (Å²) in [6.07, 6.45) is 2.22. The van der Waals surface area contributed by atoms with Crippen LogP contribution in [0, 0.1) is 0 Å². The van der Waals surface area contributed by atoms with Crippen LogP contribution in [0.5, 0.6) is 0 Å². The van der Waals surface area contributed by atoms with Crippen molar-refractivity contribution in [2.75, 3.05) is 32.6 Å². The highest BCUT2D eigenvalue weighted by atomic mass is 16.5. The van der Waals surface area contributed by atoms with Gasteiger partial charge >= 0.3 is 0 Å². The van der Waals surface area contributed by atoms with E-state index in [1.54, 1.807) is 0 Å². The van der Waals surface area contributed by atoms with E-state index >= 15 is 0 Å². The van der Waals surface area contributed by atoms with Crippen molar-refractivity contribution in [2.45, 2.75) is 25.4 Å². The molecular weight excluding hydrogens is 212 g/mol. The Morgan fingerprint density at radius 1 is 1.18 bits per heavy atom. The average molecular weight is 234 g/mol. The van der Waals surface area contributed by atoms with Crippen LogP contribution in [-0.2, 0) is 11.3 Å². The Labute approximate surface area is 104 Å². The van der Waals surface area contributed by atoms with Gasteiger partial charge in [-0.05, 0) is 44.6 Å². The molecule has 0 unspecified atom stereocenters. The van der Waals surface area contributed by atoms with Crippen LogP contribution in [0.1, 0.15) is 18.4 Å². The third-order valence-electron chi connectivity index (χ3n) is 3.04. The van der Waals surface area contributed by atoms with Gasteiger partial charge in [-0.3, -0.25) is 0 Å². The Bertz CT molecular complexity index is 329. The number of nitrogens with zero attached hydrogens (tertiary/aromatic N) is 1. The van der Waals surface area contributed by atoms with Crippen LogP contribution >= 0.6 is 0 Å². The van der Waals surface area contributed by atoms with Crippen LogP contribution < -0.4 is 5.32 Å². The lowest BCUT2D eigenvalue weighted by molar-refractivity contribution is 0.0904. The summed E-state index contributed by atoms with van der Waals surface area (Å²) in [7, 11) is 4.18. The SMILES string of the molecule is CN(C)Cc1ccc(NC2CCOCC2)cc1. The van der Waals surface area contributed by atoms with Crippen LogP contribution in [-0.4, -0.2) is 38.3 Å². The minimum Gasteiger partial charge on any atom is -0.382 e. The molecule has 0 bridgehead atoms. The van der Waals surface area contributed by atoms with E-state index in [2.05, 4.69) is 48.6 Å². The third kappa shape index (κ3) is 4.02. The molecule has 17 heavy (non-hydrogen) atoms. The molecule has 1 fully saturated rings. The van der Waals surface area contributed by atoms with Gasteiger partial charge in [0, 0.05) is 31.5 Å². The van der Waals surface area contributed by atoms with Gasteiger partial charge < -0.3 is 15.0 Å². The van der Waals surface area contributed by atoms with E-state index in [0.717, 1.165) is 32.6 Å². The zero-order valence-corrected chi connectivity index (χ0v) is 10.8. The van der Waals surface area contributed by atoms with E-state index in [0.29, 0.717) is 6.04 Å². The first-order valence-corrected chi connectivity index (χ1v) is 6.32. The van der Waals surface area contributed by atoms with Gasteiger partial charge in [0.05, 0.1) is 0 Å². The van der Waals surface area contributed by atoms with Gasteiger partial charge in [-0.1, -0.05) is 12.1 Å². The fourth-order valence-corrected chi connectivity index (χ4v) is 2.15. The number of anilines is 1. The summed E-state index contributed by atoms with van der Waals surface area (Å²) in [6.45, 7) is 2.77. The third-order valence-corrected chi connectivity index (χ3v) is 3.04. The maximum absolute atomic E-state index is 5.35. The molecule has 1 aliphatic heterocycles. The van der Waals surface area contributed by atoms with Gasteiger partial charge in [0.1, 0.15) is 0 Å². The van der Waals surface area contributed by atoms with Gasteiger partial charge in [-0.15, -0.1) is 0 Å². The lowest BCUT2D eigenvalue weighted by Gasteiger charge is -2.24. The molecule has 94 valence electrons. The van der Waals surface area contributed by atoms with Gasteiger partial charge in [0.15, 0.2) is 0 Å². The second-order valence-corrected chi connectivity index (χ2v) is 4.97.